The number of nitrogens with one attached hydrogen (secondary N) is 2. The number of anilines is 2. The van der Waals surface area contributed by atoms with Crippen molar-refractivity contribution in [2.45, 2.75) is 51.0 Å². The minimum Gasteiger partial charge on any atom is -0.388 e. The normalized spacial score (nSPS) is 17.8. The topological polar surface area (TPSA) is 70.1 Å². The molecule has 2 rings (SSSR count). The van der Waals surface area contributed by atoms with Crippen LogP contribution in [0, 0.1) is 0 Å². The Bertz CT molecular complexity index is 435. The number of aromatic nitrogens is 2. The second-order valence-electron chi connectivity index (χ2n) is 5.45. The van der Waals surface area contributed by atoms with Crippen molar-refractivity contribution in [3.8, 4) is 0 Å². The molecule has 1 aromatic heterocycles. The minimum absolute atomic E-state index is 0.538. The Hall–Kier alpha value is -0.880. The highest BCUT2D eigenvalue weighted by atomic mass is 79.9. The van der Waals surface area contributed by atoms with Gasteiger partial charge in [-0.25, -0.2) is 9.97 Å². The maximum Gasteiger partial charge on any atom is 0.146 e. The van der Waals surface area contributed by atoms with Crippen molar-refractivity contribution in [2.75, 3.05) is 23.7 Å². The lowest BCUT2D eigenvalue weighted by Crippen LogP contribution is -2.39. The van der Waals surface area contributed by atoms with E-state index >= 15 is 0 Å². The van der Waals surface area contributed by atoms with E-state index in [1.54, 1.807) is 0 Å². The molecule has 112 valence electrons. The molecular weight excluding hydrogens is 320 g/mol. The summed E-state index contributed by atoms with van der Waals surface area (Å²) < 4.78 is 0.827. The first-order valence-electron chi connectivity index (χ1n) is 7.35. The van der Waals surface area contributed by atoms with Crippen molar-refractivity contribution in [1.82, 2.24) is 9.97 Å². The van der Waals surface area contributed by atoms with E-state index in [1.165, 1.54) is 12.7 Å². The first kappa shape index (κ1) is 15.5. The summed E-state index contributed by atoms with van der Waals surface area (Å²) in [4.78, 5) is 8.46. The zero-order valence-electron chi connectivity index (χ0n) is 12.0. The third-order valence-corrected chi connectivity index (χ3v) is 4.45. The summed E-state index contributed by atoms with van der Waals surface area (Å²) in [5, 5.41) is 17.0. The van der Waals surface area contributed by atoms with E-state index < -0.39 is 5.60 Å². The molecule has 0 aromatic carbocycles. The maximum atomic E-state index is 10.5. The van der Waals surface area contributed by atoms with Crippen molar-refractivity contribution in [3.63, 3.8) is 0 Å². The zero-order chi connectivity index (χ0) is 14.4. The predicted molar refractivity (Wildman–Crippen MR) is 85.0 cm³/mol. The van der Waals surface area contributed by atoms with E-state index in [2.05, 4.69) is 43.5 Å². The number of halogens is 1. The summed E-state index contributed by atoms with van der Waals surface area (Å²) in [6.07, 6.45) is 7.74. The van der Waals surface area contributed by atoms with Gasteiger partial charge in [0.25, 0.3) is 0 Å². The van der Waals surface area contributed by atoms with Gasteiger partial charge in [-0.2, -0.15) is 0 Å². The van der Waals surface area contributed by atoms with Gasteiger partial charge in [0, 0.05) is 13.1 Å². The summed E-state index contributed by atoms with van der Waals surface area (Å²) in [5.74, 6) is 1.53. The van der Waals surface area contributed by atoms with E-state index in [4.69, 9.17) is 0 Å². The standard InChI is InChI=1S/C14H23BrN4O/c1-2-8-16-12-11(15)13(19-10-18-12)17-9-14(20)6-4-3-5-7-14/h10,20H,2-9H2,1H3,(H2,16,17,18,19). The Morgan fingerprint density at radius 2 is 1.85 bits per heavy atom. The van der Waals surface area contributed by atoms with Gasteiger partial charge in [0.1, 0.15) is 22.4 Å². The second-order valence-corrected chi connectivity index (χ2v) is 6.24. The lowest BCUT2D eigenvalue weighted by Gasteiger charge is -2.32. The molecule has 0 bridgehead atoms. The molecule has 0 saturated heterocycles. The fourth-order valence-electron chi connectivity index (χ4n) is 2.49. The molecule has 0 aliphatic heterocycles. The van der Waals surface area contributed by atoms with Crippen LogP contribution in [0.25, 0.3) is 0 Å². The fourth-order valence-corrected chi connectivity index (χ4v) is 2.98. The van der Waals surface area contributed by atoms with Gasteiger partial charge in [0.15, 0.2) is 0 Å². The van der Waals surface area contributed by atoms with E-state index in [9.17, 15) is 5.11 Å². The summed E-state index contributed by atoms with van der Waals surface area (Å²) in [6, 6.07) is 0. The molecule has 20 heavy (non-hydrogen) atoms. The molecule has 0 radical (unpaired) electrons. The molecule has 1 aliphatic carbocycles. The van der Waals surface area contributed by atoms with Crippen LogP contribution < -0.4 is 10.6 Å². The summed E-state index contributed by atoms with van der Waals surface area (Å²) in [6.45, 7) is 3.52. The van der Waals surface area contributed by atoms with Crippen LogP contribution in [-0.2, 0) is 0 Å². The Morgan fingerprint density at radius 1 is 1.20 bits per heavy atom. The SMILES string of the molecule is CCCNc1ncnc(NCC2(O)CCCCC2)c1Br. The Kier molecular flexibility index (Phi) is 5.60. The van der Waals surface area contributed by atoms with Crippen LogP contribution in [0.2, 0.25) is 0 Å². The van der Waals surface area contributed by atoms with Gasteiger partial charge in [-0.05, 0) is 35.2 Å². The van der Waals surface area contributed by atoms with Crippen LogP contribution >= 0.6 is 15.9 Å². The van der Waals surface area contributed by atoms with Gasteiger partial charge in [-0.15, -0.1) is 0 Å². The zero-order valence-corrected chi connectivity index (χ0v) is 13.5. The first-order chi connectivity index (χ1) is 9.64. The number of nitrogens with zero attached hydrogens (tertiary/aromatic N) is 2. The number of hydrogen-bond acceptors (Lipinski definition) is 5. The van der Waals surface area contributed by atoms with Crippen molar-refractivity contribution >= 4 is 27.6 Å². The van der Waals surface area contributed by atoms with Gasteiger partial charge in [0.05, 0.1) is 5.60 Å². The van der Waals surface area contributed by atoms with Crippen molar-refractivity contribution in [1.29, 1.82) is 0 Å². The molecule has 1 heterocycles. The van der Waals surface area contributed by atoms with Crippen LogP contribution in [0.15, 0.2) is 10.8 Å². The van der Waals surface area contributed by atoms with Crippen LogP contribution in [0.4, 0.5) is 11.6 Å². The molecule has 0 atom stereocenters. The molecule has 1 saturated carbocycles. The molecule has 5 nitrogen and oxygen atoms in total. The van der Waals surface area contributed by atoms with E-state index in [-0.39, 0.29) is 0 Å². The molecular formula is C14H23BrN4O. The monoisotopic (exact) mass is 342 g/mol. The van der Waals surface area contributed by atoms with Gasteiger partial charge in [0.2, 0.25) is 0 Å². The highest BCUT2D eigenvalue weighted by molar-refractivity contribution is 9.10. The average Bonchev–Trinajstić information content (AvgIpc) is 2.46. The predicted octanol–water partition coefficient (Wildman–Crippen LogP) is 3.17. The van der Waals surface area contributed by atoms with Crippen LogP contribution in [0.5, 0.6) is 0 Å². The van der Waals surface area contributed by atoms with Gasteiger partial charge < -0.3 is 15.7 Å². The number of aliphatic hydroxyl groups is 1. The third-order valence-electron chi connectivity index (χ3n) is 3.70. The summed E-state index contributed by atoms with van der Waals surface area (Å²) in [5.41, 5.74) is -0.598. The Morgan fingerprint density at radius 3 is 2.50 bits per heavy atom. The second kappa shape index (κ2) is 7.22. The average molecular weight is 343 g/mol. The Labute approximate surface area is 128 Å². The molecule has 6 heteroatoms. The molecule has 0 spiro atoms. The molecule has 1 aliphatic rings. The molecule has 1 fully saturated rings. The highest BCUT2D eigenvalue weighted by Crippen LogP contribution is 2.30. The Balaban J connectivity index is 1.98. The molecule has 3 N–H and O–H groups in total. The summed E-state index contributed by atoms with van der Waals surface area (Å²) in [7, 11) is 0. The van der Waals surface area contributed by atoms with Crippen LogP contribution in [0.3, 0.4) is 0 Å². The fraction of sp³-hybridized carbons (Fsp3) is 0.714. The van der Waals surface area contributed by atoms with Gasteiger partial charge in [-0.3, -0.25) is 0 Å². The number of hydrogen-bond donors (Lipinski definition) is 3. The quantitative estimate of drug-likeness (QED) is 0.740. The van der Waals surface area contributed by atoms with Crippen molar-refractivity contribution in [3.05, 3.63) is 10.8 Å². The van der Waals surface area contributed by atoms with Crippen LogP contribution in [0.1, 0.15) is 45.4 Å². The van der Waals surface area contributed by atoms with Crippen LogP contribution in [-0.4, -0.2) is 33.8 Å². The number of rotatable bonds is 6. The lowest BCUT2D eigenvalue weighted by molar-refractivity contribution is 0.0166. The molecule has 0 unspecified atom stereocenters. The maximum absolute atomic E-state index is 10.5. The lowest BCUT2D eigenvalue weighted by atomic mass is 9.85. The largest absolute Gasteiger partial charge is 0.388 e. The molecule has 1 aromatic rings. The summed E-state index contributed by atoms with van der Waals surface area (Å²) >= 11 is 3.52. The third kappa shape index (κ3) is 4.06. The van der Waals surface area contributed by atoms with Crippen molar-refractivity contribution < 1.29 is 5.11 Å². The van der Waals surface area contributed by atoms with E-state index in [0.717, 1.165) is 54.8 Å². The van der Waals surface area contributed by atoms with E-state index in [1.807, 2.05) is 0 Å². The van der Waals surface area contributed by atoms with Gasteiger partial charge >= 0.3 is 0 Å². The molecule has 0 amide bonds. The first-order valence-corrected chi connectivity index (χ1v) is 8.14. The van der Waals surface area contributed by atoms with E-state index in [0.29, 0.717) is 6.54 Å². The highest BCUT2D eigenvalue weighted by Gasteiger charge is 2.29. The van der Waals surface area contributed by atoms with Crippen molar-refractivity contribution in [2.24, 2.45) is 0 Å². The van der Waals surface area contributed by atoms with Gasteiger partial charge in [-0.1, -0.05) is 26.2 Å². The smallest absolute Gasteiger partial charge is 0.146 e. The minimum atomic E-state index is -0.598.